The van der Waals surface area contributed by atoms with Crippen LogP contribution in [0.1, 0.15) is 18.5 Å². The molecule has 0 amide bonds. The first-order valence-electron chi connectivity index (χ1n) is 6.32. The molecule has 20 heavy (non-hydrogen) atoms. The Morgan fingerprint density at radius 1 is 1.20 bits per heavy atom. The Kier molecular flexibility index (Phi) is 3.21. The van der Waals surface area contributed by atoms with Crippen molar-refractivity contribution in [1.29, 1.82) is 0 Å². The normalized spacial score (nSPS) is 14.8. The Hall–Kier alpha value is -1.89. The Morgan fingerprint density at radius 3 is 2.65 bits per heavy atom. The van der Waals surface area contributed by atoms with Crippen molar-refractivity contribution in [3.8, 4) is 17.1 Å². The van der Waals surface area contributed by atoms with E-state index in [9.17, 15) is 12.3 Å². The summed E-state index contributed by atoms with van der Waals surface area (Å²) in [5.41, 5.74) is 2.06. The molecular weight excluding hydrogens is 283 g/mol. The fraction of sp³-hybridized carbons (Fsp3) is 0.308. The number of fused-ring (bicyclic) bond motifs is 1. The van der Waals surface area contributed by atoms with Gasteiger partial charge in [-0.15, -0.1) is 0 Å². The Morgan fingerprint density at radius 2 is 1.95 bits per heavy atom. The van der Waals surface area contributed by atoms with E-state index in [0.29, 0.717) is 0 Å². The molecule has 106 valence electrons. The minimum Gasteiger partial charge on any atom is -0.358 e. The summed E-state index contributed by atoms with van der Waals surface area (Å²) < 4.78 is 39.5. The van der Waals surface area contributed by atoms with Gasteiger partial charge in [-0.1, -0.05) is 3.89 Å². The first kappa shape index (κ1) is 13.1. The van der Waals surface area contributed by atoms with Crippen molar-refractivity contribution in [2.45, 2.75) is 25.8 Å². The lowest BCUT2D eigenvalue weighted by Gasteiger charge is -2.16. The molecule has 0 N–H and O–H groups in total. The van der Waals surface area contributed by atoms with E-state index in [2.05, 4.69) is 13.7 Å². The van der Waals surface area contributed by atoms with Crippen LogP contribution < -0.4 is 4.18 Å². The summed E-state index contributed by atoms with van der Waals surface area (Å²) in [4.78, 5) is 4.40. The molecule has 0 aliphatic carbocycles. The zero-order valence-electron chi connectivity index (χ0n) is 10.6. The van der Waals surface area contributed by atoms with Gasteiger partial charge in [0.05, 0.1) is 0 Å². The summed E-state index contributed by atoms with van der Waals surface area (Å²) in [6, 6.07) is 6.17. The number of hydrogen-bond acceptors (Lipinski definition) is 4. The van der Waals surface area contributed by atoms with Crippen LogP contribution in [0.25, 0.3) is 11.4 Å². The number of imidazole rings is 1. The highest BCUT2D eigenvalue weighted by Crippen LogP contribution is 2.26. The molecule has 0 bridgehead atoms. The maximum absolute atomic E-state index is 12.4. The zero-order chi connectivity index (χ0) is 14.2. The van der Waals surface area contributed by atoms with Gasteiger partial charge in [-0.25, -0.2) is 4.98 Å². The van der Waals surface area contributed by atoms with E-state index < -0.39 is 10.5 Å². The molecule has 2 heterocycles. The maximum atomic E-state index is 12.4. The summed E-state index contributed by atoms with van der Waals surface area (Å²) in [6.07, 6.45) is 5.18. The van der Waals surface area contributed by atoms with Crippen LogP contribution in [0.3, 0.4) is 0 Å². The van der Waals surface area contributed by atoms with Gasteiger partial charge < -0.3 is 8.75 Å². The minimum absolute atomic E-state index is 0.0540. The van der Waals surface area contributed by atoms with E-state index in [4.69, 9.17) is 0 Å². The van der Waals surface area contributed by atoms with Gasteiger partial charge >= 0.3 is 10.5 Å². The quantitative estimate of drug-likeness (QED) is 0.816. The van der Waals surface area contributed by atoms with E-state index in [1.165, 1.54) is 24.2 Å². The van der Waals surface area contributed by atoms with Gasteiger partial charge in [-0.05, 0) is 43.5 Å². The van der Waals surface area contributed by atoms with Crippen LogP contribution in [0, 0.1) is 0 Å². The molecule has 0 saturated heterocycles. The number of halogens is 1. The second kappa shape index (κ2) is 4.90. The van der Waals surface area contributed by atoms with Crippen molar-refractivity contribution in [3.63, 3.8) is 0 Å². The summed E-state index contributed by atoms with van der Waals surface area (Å²) in [7, 11) is -4.98. The number of aryl methyl sites for hydroxylation is 1. The molecule has 0 unspecified atom stereocenters. The molecule has 0 fully saturated rings. The molecule has 1 aromatic heterocycles. The Labute approximate surface area is 116 Å². The standard InChI is InChI=1S/C13H13FN2O3S/c14-20(17,18)19-12-6-4-10(5-7-12)13-15-9-11-3-1-2-8-16(11)13/h4-7,9H,1-3,8H2. The average molecular weight is 296 g/mol. The van der Waals surface area contributed by atoms with Gasteiger partial charge in [-0.2, -0.15) is 8.42 Å². The molecule has 0 radical (unpaired) electrons. The lowest BCUT2D eigenvalue weighted by Crippen LogP contribution is -2.10. The van der Waals surface area contributed by atoms with E-state index in [1.807, 2.05) is 6.20 Å². The number of benzene rings is 1. The van der Waals surface area contributed by atoms with Crippen molar-refractivity contribution < 1.29 is 16.5 Å². The molecule has 1 aliphatic heterocycles. The highest BCUT2D eigenvalue weighted by Gasteiger charge is 2.15. The van der Waals surface area contributed by atoms with Crippen molar-refractivity contribution in [3.05, 3.63) is 36.2 Å². The topological polar surface area (TPSA) is 61.2 Å². The highest BCUT2D eigenvalue weighted by molar-refractivity contribution is 7.81. The van der Waals surface area contributed by atoms with Gasteiger partial charge in [0.15, 0.2) is 0 Å². The van der Waals surface area contributed by atoms with Crippen molar-refractivity contribution >= 4 is 10.5 Å². The van der Waals surface area contributed by atoms with Gasteiger partial charge in [0.1, 0.15) is 11.6 Å². The monoisotopic (exact) mass is 296 g/mol. The number of aromatic nitrogens is 2. The molecule has 0 spiro atoms. The molecule has 5 nitrogen and oxygen atoms in total. The Bertz CT molecular complexity index is 723. The van der Waals surface area contributed by atoms with E-state index in [-0.39, 0.29) is 5.75 Å². The van der Waals surface area contributed by atoms with Gasteiger partial charge in [0, 0.05) is 24.0 Å². The molecule has 0 atom stereocenters. The van der Waals surface area contributed by atoms with Crippen LogP contribution in [0.5, 0.6) is 5.75 Å². The molecule has 3 rings (SSSR count). The van der Waals surface area contributed by atoms with E-state index >= 15 is 0 Å². The fourth-order valence-corrected chi connectivity index (χ4v) is 2.78. The molecular formula is C13H13FN2O3S. The second-order valence-electron chi connectivity index (χ2n) is 4.68. The lowest BCUT2D eigenvalue weighted by molar-refractivity contribution is 0.440. The highest BCUT2D eigenvalue weighted by atomic mass is 32.3. The predicted molar refractivity (Wildman–Crippen MR) is 71.3 cm³/mol. The van der Waals surface area contributed by atoms with Crippen LogP contribution in [-0.2, 0) is 23.5 Å². The lowest BCUT2D eigenvalue weighted by atomic mass is 10.1. The smallest absolute Gasteiger partial charge is 0.358 e. The van der Waals surface area contributed by atoms with Gasteiger partial charge in [0.2, 0.25) is 0 Å². The summed E-state index contributed by atoms with van der Waals surface area (Å²) in [6.45, 7) is 0.932. The van der Waals surface area contributed by atoms with Gasteiger partial charge in [-0.3, -0.25) is 0 Å². The second-order valence-corrected chi connectivity index (χ2v) is 5.64. The molecule has 1 aromatic carbocycles. The van der Waals surface area contributed by atoms with Crippen molar-refractivity contribution in [2.75, 3.05) is 0 Å². The first-order chi connectivity index (χ1) is 9.53. The maximum Gasteiger partial charge on any atom is 0.488 e. The third kappa shape index (κ3) is 2.67. The van der Waals surface area contributed by atoms with Crippen LogP contribution in [0.2, 0.25) is 0 Å². The third-order valence-electron chi connectivity index (χ3n) is 3.31. The molecule has 1 aliphatic rings. The number of hydrogen-bond donors (Lipinski definition) is 0. The van der Waals surface area contributed by atoms with Gasteiger partial charge in [0.25, 0.3) is 0 Å². The van der Waals surface area contributed by atoms with Crippen LogP contribution in [0.4, 0.5) is 3.89 Å². The first-order valence-corrected chi connectivity index (χ1v) is 7.63. The average Bonchev–Trinajstić information content (AvgIpc) is 2.82. The zero-order valence-corrected chi connectivity index (χ0v) is 11.4. The molecule has 7 heteroatoms. The SMILES string of the molecule is O=S(=O)(F)Oc1ccc(-c2ncc3n2CCCC3)cc1. The Balaban J connectivity index is 1.90. The summed E-state index contributed by atoms with van der Waals surface area (Å²) in [5, 5.41) is 0. The minimum atomic E-state index is -4.98. The largest absolute Gasteiger partial charge is 0.488 e. The predicted octanol–water partition coefficient (Wildman–Crippen LogP) is 2.48. The fourth-order valence-electron chi connectivity index (χ4n) is 2.44. The van der Waals surface area contributed by atoms with Crippen LogP contribution >= 0.6 is 0 Å². The van der Waals surface area contributed by atoms with Crippen molar-refractivity contribution in [1.82, 2.24) is 9.55 Å². The third-order valence-corrected chi connectivity index (χ3v) is 3.70. The van der Waals surface area contributed by atoms with E-state index in [0.717, 1.165) is 30.8 Å². The molecule has 0 saturated carbocycles. The van der Waals surface area contributed by atoms with E-state index in [1.54, 1.807) is 12.1 Å². The number of nitrogens with zero attached hydrogens (tertiary/aromatic N) is 2. The summed E-state index contributed by atoms with van der Waals surface area (Å²) >= 11 is 0. The van der Waals surface area contributed by atoms with Crippen LogP contribution in [-0.4, -0.2) is 18.0 Å². The summed E-state index contributed by atoms with van der Waals surface area (Å²) in [5.74, 6) is 0.788. The van der Waals surface area contributed by atoms with Crippen molar-refractivity contribution in [2.24, 2.45) is 0 Å². The molecule has 2 aromatic rings. The van der Waals surface area contributed by atoms with Crippen LogP contribution in [0.15, 0.2) is 30.5 Å². The number of rotatable bonds is 3.